The summed E-state index contributed by atoms with van der Waals surface area (Å²) in [5, 5.41) is 31.1. The Labute approximate surface area is 266 Å². The molecular formula is C38H48O7. The van der Waals surface area contributed by atoms with Gasteiger partial charge in [0.15, 0.2) is 23.1 Å². The number of carbonyl (C=O) groups excluding carboxylic acids is 2. The van der Waals surface area contributed by atoms with E-state index in [9.17, 15) is 24.9 Å². The van der Waals surface area contributed by atoms with E-state index in [0.29, 0.717) is 19.3 Å². The number of hydrogen-bond donors (Lipinski definition) is 3. The monoisotopic (exact) mass is 616 g/mol. The summed E-state index contributed by atoms with van der Waals surface area (Å²) < 4.78 is 6.46. The fourth-order valence-electron chi connectivity index (χ4n) is 7.59. The Morgan fingerprint density at radius 3 is 2.00 bits per heavy atom. The summed E-state index contributed by atoms with van der Waals surface area (Å²) in [4.78, 5) is 44.7. The lowest BCUT2D eigenvalue weighted by atomic mass is 9.38. The largest absolute Gasteiger partial charge is 0.504 e. The van der Waals surface area contributed by atoms with Gasteiger partial charge in [-0.05, 0) is 105 Å². The average Bonchev–Trinajstić information content (AvgIpc) is 2.93. The second kappa shape index (κ2) is 12.1. The Morgan fingerprint density at radius 1 is 0.844 bits per heavy atom. The standard InChI is InChI=1S/C38H48O7/c1-21(2)11-10-16-36(9)25(13-12-22(3)4)20-37(17-14-23(5)6)33(43)29-31(41)28-27(19-26(39)30(40)32(28)42)45-34(29)38(36,35(37)44)18-15-24(7)8/h11-12,14-15,19,25,39-40,42H,10,13,16-18,20H2,1-9H3/t25-,36+,37-,38+/m0/s1. The second-order valence-electron chi connectivity index (χ2n) is 14.4. The highest BCUT2D eigenvalue weighted by Crippen LogP contribution is 2.67. The molecule has 1 fully saturated rings. The van der Waals surface area contributed by atoms with Crippen LogP contribution in [0, 0.1) is 16.7 Å². The average molecular weight is 617 g/mol. The molecule has 0 aliphatic heterocycles. The van der Waals surface area contributed by atoms with Crippen LogP contribution in [0.2, 0.25) is 0 Å². The third-order valence-corrected chi connectivity index (χ3v) is 10.2. The smallest absolute Gasteiger partial charge is 0.207 e. The van der Waals surface area contributed by atoms with E-state index in [1.165, 1.54) is 0 Å². The van der Waals surface area contributed by atoms with E-state index in [1.54, 1.807) is 0 Å². The SMILES string of the molecule is CC(C)=CCC[C@]1(C)[C@@H](CC=C(C)C)C[C@@]2(CC=C(C)C)C(=O)c3c(oc4cc(O)c(O)c(O)c4c3=O)[C@]1(CC=C(C)C)C2=O. The summed E-state index contributed by atoms with van der Waals surface area (Å²) in [7, 11) is 0. The fraction of sp³-hybridized carbons (Fsp3) is 0.500. The molecule has 0 radical (unpaired) electrons. The van der Waals surface area contributed by atoms with E-state index < -0.39 is 50.1 Å². The molecule has 0 spiro atoms. The minimum atomic E-state index is -1.52. The lowest BCUT2D eigenvalue weighted by Gasteiger charge is -2.61. The Balaban J connectivity index is 2.26. The van der Waals surface area contributed by atoms with Crippen molar-refractivity contribution in [3.8, 4) is 17.2 Å². The van der Waals surface area contributed by atoms with Gasteiger partial charge in [-0.15, -0.1) is 0 Å². The van der Waals surface area contributed by atoms with Crippen molar-refractivity contribution in [3.05, 3.63) is 74.2 Å². The highest BCUT2D eigenvalue weighted by Gasteiger charge is 2.73. The fourth-order valence-corrected chi connectivity index (χ4v) is 7.59. The minimum Gasteiger partial charge on any atom is -0.504 e. The molecule has 7 nitrogen and oxygen atoms in total. The molecule has 1 saturated carbocycles. The first-order valence-electron chi connectivity index (χ1n) is 15.8. The first-order valence-corrected chi connectivity index (χ1v) is 15.8. The Kier molecular flexibility index (Phi) is 9.18. The molecule has 2 bridgehead atoms. The third kappa shape index (κ3) is 5.38. The van der Waals surface area contributed by atoms with Crippen LogP contribution in [0.1, 0.15) is 117 Å². The maximum Gasteiger partial charge on any atom is 0.207 e. The van der Waals surface area contributed by atoms with Crippen molar-refractivity contribution in [2.75, 3.05) is 0 Å². The molecule has 7 heteroatoms. The van der Waals surface area contributed by atoms with Crippen molar-refractivity contribution in [2.45, 2.75) is 106 Å². The first-order chi connectivity index (χ1) is 20.9. The van der Waals surface area contributed by atoms with Crippen LogP contribution < -0.4 is 5.43 Å². The van der Waals surface area contributed by atoms with Crippen LogP contribution in [-0.2, 0) is 10.2 Å². The number of benzene rings is 1. The predicted octanol–water partition coefficient (Wildman–Crippen LogP) is 8.74. The molecule has 0 saturated heterocycles. The number of hydrogen-bond acceptors (Lipinski definition) is 7. The third-order valence-electron chi connectivity index (χ3n) is 10.2. The van der Waals surface area contributed by atoms with Gasteiger partial charge in [0.2, 0.25) is 11.2 Å². The summed E-state index contributed by atoms with van der Waals surface area (Å²) in [6.45, 7) is 18.0. The summed E-state index contributed by atoms with van der Waals surface area (Å²) in [6, 6.07) is 1.06. The second-order valence-corrected chi connectivity index (χ2v) is 14.4. The number of Topliss-reactive ketones (excluding diaryl/α,β-unsaturated/α-hetero) is 2. The Morgan fingerprint density at radius 2 is 1.42 bits per heavy atom. The van der Waals surface area contributed by atoms with E-state index in [-0.39, 0.29) is 47.9 Å². The number of aromatic hydroxyl groups is 3. The number of phenols is 3. The molecule has 4 atom stereocenters. The van der Waals surface area contributed by atoms with Crippen LogP contribution in [0.4, 0.5) is 0 Å². The zero-order chi connectivity index (χ0) is 33.6. The van der Waals surface area contributed by atoms with Crippen molar-refractivity contribution in [1.29, 1.82) is 0 Å². The minimum absolute atomic E-state index is 0.00795. The van der Waals surface area contributed by atoms with Crippen LogP contribution in [0.15, 0.2) is 61.9 Å². The van der Waals surface area contributed by atoms with Gasteiger partial charge < -0.3 is 19.7 Å². The molecule has 2 aliphatic rings. The van der Waals surface area contributed by atoms with E-state index in [1.807, 2.05) is 67.5 Å². The van der Waals surface area contributed by atoms with Crippen LogP contribution in [0.3, 0.4) is 0 Å². The van der Waals surface area contributed by atoms with Gasteiger partial charge in [-0.2, -0.15) is 0 Å². The molecule has 2 aliphatic carbocycles. The van der Waals surface area contributed by atoms with Crippen molar-refractivity contribution in [2.24, 2.45) is 16.7 Å². The van der Waals surface area contributed by atoms with Gasteiger partial charge in [0, 0.05) is 6.07 Å². The quantitative estimate of drug-likeness (QED) is 0.146. The van der Waals surface area contributed by atoms with Gasteiger partial charge in [-0.25, -0.2) is 0 Å². The van der Waals surface area contributed by atoms with E-state index >= 15 is 4.79 Å². The van der Waals surface area contributed by atoms with Gasteiger partial charge in [-0.3, -0.25) is 14.4 Å². The summed E-state index contributed by atoms with van der Waals surface area (Å²) in [6.07, 6.45) is 10.8. The lowest BCUT2D eigenvalue weighted by molar-refractivity contribution is -0.153. The van der Waals surface area contributed by atoms with Crippen molar-refractivity contribution < 1.29 is 29.3 Å². The number of phenolic OH excluding ortho intramolecular Hbond substituents is 3. The van der Waals surface area contributed by atoms with Crippen LogP contribution in [-0.4, -0.2) is 26.9 Å². The van der Waals surface area contributed by atoms with E-state index in [4.69, 9.17) is 4.42 Å². The summed E-state index contributed by atoms with van der Waals surface area (Å²) in [5.74, 6) is -3.39. The zero-order valence-corrected chi connectivity index (χ0v) is 28.2. The molecule has 242 valence electrons. The van der Waals surface area contributed by atoms with Gasteiger partial charge in [-0.1, -0.05) is 53.5 Å². The summed E-state index contributed by atoms with van der Waals surface area (Å²) in [5.41, 5.74) is -0.730. The van der Waals surface area contributed by atoms with Gasteiger partial charge >= 0.3 is 0 Å². The van der Waals surface area contributed by atoms with Crippen molar-refractivity contribution in [1.82, 2.24) is 0 Å². The first kappa shape index (κ1) is 34.0. The lowest BCUT2D eigenvalue weighted by Crippen LogP contribution is -2.68. The number of allylic oxidation sites excluding steroid dienone is 8. The van der Waals surface area contributed by atoms with E-state index in [0.717, 1.165) is 28.4 Å². The highest BCUT2D eigenvalue weighted by molar-refractivity contribution is 6.23. The molecule has 0 unspecified atom stereocenters. The van der Waals surface area contributed by atoms with Gasteiger partial charge in [0.25, 0.3) is 0 Å². The zero-order valence-electron chi connectivity index (χ0n) is 28.2. The van der Waals surface area contributed by atoms with Crippen LogP contribution >= 0.6 is 0 Å². The molecule has 2 aromatic rings. The molecule has 1 aromatic carbocycles. The molecular weight excluding hydrogens is 568 g/mol. The number of fused-ring (bicyclic) bond motifs is 5. The molecule has 1 heterocycles. The number of carbonyl (C=O) groups is 2. The number of rotatable bonds is 9. The Hall–Kier alpha value is -3.87. The van der Waals surface area contributed by atoms with E-state index in [2.05, 4.69) is 19.1 Å². The van der Waals surface area contributed by atoms with Crippen LogP contribution in [0.25, 0.3) is 11.0 Å². The predicted molar refractivity (Wildman–Crippen MR) is 178 cm³/mol. The van der Waals surface area contributed by atoms with Crippen molar-refractivity contribution in [3.63, 3.8) is 0 Å². The summed E-state index contributed by atoms with van der Waals surface area (Å²) >= 11 is 0. The molecule has 3 N–H and O–H groups in total. The number of ketones is 2. The van der Waals surface area contributed by atoms with Gasteiger partial charge in [0.1, 0.15) is 22.3 Å². The normalized spacial score (nSPS) is 25.4. The molecule has 45 heavy (non-hydrogen) atoms. The maximum absolute atomic E-state index is 15.5. The van der Waals surface area contributed by atoms with Crippen molar-refractivity contribution >= 4 is 22.5 Å². The maximum atomic E-state index is 15.5. The molecule has 1 aromatic heterocycles. The topological polar surface area (TPSA) is 125 Å². The highest BCUT2D eigenvalue weighted by atomic mass is 16.4. The Bertz CT molecular complexity index is 1730. The molecule has 4 rings (SSSR count). The van der Waals surface area contributed by atoms with Crippen LogP contribution in [0.5, 0.6) is 17.2 Å². The molecule has 0 amide bonds. The van der Waals surface area contributed by atoms with Gasteiger partial charge in [0.05, 0.1) is 10.8 Å².